The summed E-state index contributed by atoms with van der Waals surface area (Å²) >= 11 is 0. The van der Waals surface area contributed by atoms with Crippen LogP contribution in [0.25, 0.3) is 10.9 Å². The summed E-state index contributed by atoms with van der Waals surface area (Å²) in [5, 5.41) is 10.8. The molecule has 0 aliphatic rings. The average Bonchev–Trinajstić information content (AvgIpc) is 2.28. The van der Waals surface area contributed by atoms with E-state index in [1.54, 1.807) is 0 Å². The van der Waals surface area contributed by atoms with Gasteiger partial charge in [-0.1, -0.05) is 25.1 Å². The SMILES string of the molecule is Cc1cc(CC(C)C(C)O)c2ccccc2n1. The Bertz CT molecular complexity index is 519. The van der Waals surface area contributed by atoms with E-state index in [-0.39, 0.29) is 12.0 Å². The lowest BCUT2D eigenvalue weighted by molar-refractivity contribution is 0.135. The van der Waals surface area contributed by atoms with E-state index in [1.165, 1.54) is 10.9 Å². The Balaban J connectivity index is 2.45. The predicted octanol–water partition coefficient (Wildman–Crippen LogP) is 3.10. The van der Waals surface area contributed by atoms with E-state index in [1.807, 2.05) is 32.0 Å². The van der Waals surface area contributed by atoms with Gasteiger partial charge in [-0.25, -0.2) is 0 Å². The number of para-hydroxylation sites is 1. The Hall–Kier alpha value is -1.41. The normalized spacial score (nSPS) is 14.8. The molecule has 0 saturated carbocycles. The van der Waals surface area contributed by atoms with E-state index < -0.39 is 0 Å². The van der Waals surface area contributed by atoms with Crippen LogP contribution >= 0.6 is 0 Å². The molecule has 0 fully saturated rings. The van der Waals surface area contributed by atoms with Gasteiger partial charge in [0, 0.05) is 11.1 Å². The molecule has 0 aliphatic heterocycles. The number of hydrogen-bond donors (Lipinski definition) is 1. The number of aryl methyl sites for hydroxylation is 1. The summed E-state index contributed by atoms with van der Waals surface area (Å²) in [6, 6.07) is 10.3. The van der Waals surface area contributed by atoms with Crippen LogP contribution in [0, 0.1) is 12.8 Å². The number of aliphatic hydroxyl groups excluding tert-OH is 1. The van der Waals surface area contributed by atoms with Gasteiger partial charge in [-0.15, -0.1) is 0 Å². The summed E-state index contributed by atoms with van der Waals surface area (Å²) in [7, 11) is 0. The summed E-state index contributed by atoms with van der Waals surface area (Å²) in [5.41, 5.74) is 3.36. The van der Waals surface area contributed by atoms with E-state index in [2.05, 4.69) is 24.0 Å². The maximum Gasteiger partial charge on any atom is 0.0707 e. The molecule has 0 saturated heterocycles. The highest BCUT2D eigenvalue weighted by atomic mass is 16.3. The van der Waals surface area contributed by atoms with Gasteiger partial charge in [0.15, 0.2) is 0 Å². The minimum atomic E-state index is -0.276. The average molecular weight is 229 g/mol. The first kappa shape index (κ1) is 12.1. The number of fused-ring (bicyclic) bond motifs is 1. The number of nitrogens with zero attached hydrogens (tertiary/aromatic N) is 1. The van der Waals surface area contributed by atoms with Gasteiger partial charge < -0.3 is 5.11 Å². The molecule has 0 aliphatic carbocycles. The molecule has 1 aromatic heterocycles. The Morgan fingerprint density at radius 3 is 2.65 bits per heavy atom. The van der Waals surface area contributed by atoms with E-state index in [0.717, 1.165) is 17.6 Å². The van der Waals surface area contributed by atoms with E-state index in [4.69, 9.17) is 0 Å². The van der Waals surface area contributed by atoms with Gasteiger partial charge in [0.25, 0.3) is 0 Å². The van der Waals surface area contributed by atoms with Gasteiger partial charge in [0.2, 0.25) is 0 Å². The molecule has 1 heterocycles. The van der Waals surface area contributed by atoms with Gasteiger partial charge >= 0.3 is 0 Å². The number of rotatable bonds is 3. The second-order valence-electron chi connectivity index (χ2n) is 4.86. The van der Waals surface area contributed by atoms with Crippen LogP contribution in [0.3, 0.4) is 0 Å². The first-order valence-electron chi connectivity index (χ1n) is 6.11. The molecule has 90 valence electrons. The van der Waals surface area contributed by atoms with Crippen molar-refractivity contribution >= 4 is 10.9 Å². The highest BCUT2D eigenvalue weighted by molar-refractivity contribution is 5.82. The first-order chi connectivity index (χ1) is 8.08. The molecule has 0 radical (unpaired) electrons. The molecule has 0 amide bonds. The van der Waals surface area contributed by atoms with E-state index in [0.29, 0.717) is 0 Å². The van der Waals surface area contributed by atoms with Crippen molar-refractivity contribution in [3.05, 3.63) is 41.6 Å². The fourth-order valence-electron chi connectivity index (χ4n) is 2.08. The lowest BCUT2D eigenvalue weighted by Crippen LogP contribution is -2.15. The summed E-state index contributed by atoms with van der Waals surface area (Å²) in [6.45, 7) is 5.94. The van der Waals surface area contributed by atoms with Crippen molar-refractivity contribution in [2.45, 2.75) is 33.3 Å². The minimum absolute atomic E-state index is 0.264. The second kappa shape index (κ2) is 4.84. The van der Waals surface area contributed by atoms with Crippen LogP contribution in [0.1, 0.15) is 25.1 Å². The van der Waals surface area contributed by atoms with Gasteiger partial charge in [0.1, 0.15) is 0 Å². The van der Waals surface area contributed by atoms with Crippen molar-refractivity contribution in [2.75, 3.05) is 0 Å². The number of hydrogen-bond acceptors (Lipinski definition) is 2. The molecule has 2 heteroatoms. The van der Waals surface area contributed by atoms with Crippen LogP contribution in [0.4, 0.5) is 0 Å². The minimum Gasteiger partial charge on any atom is -0.393 e. The molecule has 2 aromatic rings. The molecule has 2 unspecified atom stereocenters. The molecule has 2 rings (SSSR count). The molecular formula is C15H19NO. The number of aromatic nitrogens is 1. The maximum absolute atomic E-state index is 9.61. The van der Waals surface area contributed by atoms with Crippen LogP contribution in [0.15, 0.2) is 30.3 Å². The van der Waals surface area contributed by atoms with Crippen molar-refractivity contribution in [3.8, 4) is 0 Å². The largest absolute Gasteiger partial charge is 0.393 e. The molecule has 0 bridgehead atoms. The molecule has 2 nitrogen and oxygen atoms in total. The number of aliphatic hydroxyl groups is 1. The summed E-state index contributed by atoms with van der Waals surface area (Å²) in [4.78, 5) is 4.53. The third-order valence-electron chi connectivity index (χ3n) is 3.30. The maximum atomic E-state index is 9.61. The zero-order valence-electron chi connectivity index (χ0n) is 10.6. The molecule has 0 spiro atoms. The standard InChI is InChI=1S/C15H19NO/c1-10(12(3)17)8-13-9-11(2)16-15-7-5-4-6-14(13)15/h4-7,9-10,12,17H,8H2,1-3H3. The van der Waals surface area contributed by atoms with Crippen molar-refractivity contribution in [1.29, 1.82) is 0 Å². The van der Waals surface area contributed by atoms with Gasteiger partial charge in [-0.3, -0.25) is 4.98 Å². The topological polar surface area (TPSA) is 33.1 Å². The van der Waals surface area contributed by atoms with Crippen LogP contribution in [-0.2, 0) is 6.42 Å². The van der Waals surface area contributed by atoms with Crippen molar-refractivity contribution in [2.24, 2.45) is 5.92 Å². The van der Waals surface area contributed by atoms with Crippen molar-refractivity contribution in [1.82, 2.24) is 4.98 Å². The van der Waals surface area contributed by atoms with Gasteiger partial charge in [0.05, 0.1) is 11.6 Å². The summed E-state index contributed by atoms with van der Waals surface area (Å²) < 4.78 is 0. The van der Waals surface area contributed by atoms with Crippen molar-refractivity contribution < 1.29 is 5.11 Å². The molecule has 1 aromatic carbocycles. The monoisotopic (exact) mass is 229 g/mol. The van der Waals surface area contributed by atoms with Crippen molar-refractivity contribution in [3.63, 3.8) is 0 Å². The Kier molecular flexibility index (Phi) is 3.43. The van der Waals surface area contributed by atoms with Gasteiger partial charge in [-0.2, -0.15) is 0 Å². The first-order valence-corrected chi connectivity index (χ1v) is 6.11. The number of pyridine rings is 1. The lowest BCUT2D eigenvalue weighted by Gasteiger charge is -2.16. The quantitative estimate of drug-likeness (QED) is 0.877. The van der Waals surface area contributed by atoms with E-state index in [9.17, 15) is 5.11 Å². The predicted molar refractivity (Wildman–Crippen MR) is 71.0 cm³/mol. The van der Waals surface area contributed by atoms with Crippen LogP contribution in [0.2, 0.25) is 0 Å². The molecular weight excluding hydrogens is 210 g/mol. The molecule has 2 atom stereocenters. The Morgan fingerprint density at radius 2 is 1.94 bits per heavy atom. The summed E-state index contributed by atoms with van der Waals surface area (Å²) in [6.07, 6.45) is 0.615. The summed E-state index contributed by atoms with van der Waals surface area (Å²) in [5.74, 6) is 0.264. The van der Waals surface area contributed by atoms with Gasteiger partial charge in [-0.05, 0) is 43.9 Å². The molecule has 1 N–H and O–H groups in total. The zero-order valence-corrected chi connectivity index (χ0v) is 10.6. The Morgan fingerprint density at radius 1 is 1.24 bits per heavy atom. The van der Waals surface area contributed by atoms with Crippen LogP contribution in [-0.4, -0.2) is 16.2 Å². The third kappa shape index (κ3) is 2.64. The fraction of sp³-hybridized carbons (Fsp3) is 0.400. The fourth-order valence-corrected chi connectivity index (χ4v) is 2.08. The zero-order chi connectivity index (χ0) is 12.4. The highest BCUT2D eigenvalue weighted by Gasteiger charge is 2.12. The Labute approximate surface area is 102 Å². The second-order valence-corrected chi connectivity index (χ2v) is 4.86. The smallest absolute Gasteiger partial charge is 0.0707 e. The van der Waals surface area contributed by atoms with E-state index >= 15 is 0 Å². The molecule has 17 heavy (non-hydrogen) atoms. The number of benzene rings is 1. The van der Waals surface area contributed by atoms with Crippen LogP contribution < -0.4 is 0 Å². The third-order valence-corrected chi connectivity index (χ3v) is 3.30. The van der Waals surface area contributed by atoms with Crippen LogP contribution in [0.5, 0.6) is 0 Å². The lowest BCUT2D eigenvalue weighted by atomic mass is 9.94. The highest BCUT2D eigenvalue weighted by Crippen LogP contribution is 2.22.